The number of quaternary nitrogens is 1. The summed E-state index contributed by atoms with van der Waals surface area (Å²) >= 11 is 0. The lowest BCUT2D eigenvalue weighted by molar-refractivity contribution is -0.770. The molecule has 0 unspecified atom stereocenters. The van der Waals surface area contributed by atoms with Crippen LogP contribution in [0.5, 0.6) is 0 Å². The van der Waals surface area contributed by atoms with E-state index in [-0.39, 0.29) is 0 Å². The lowest BCUT2D eigenvalue weighted by Crippen LogP contribution is -2.38. The number of fused-ring (bicyclic) bond motifs is 1. The third kappa shape index (κ3) is 2.37. The van der Waals surface area contributed by atoms with Crippen LogP contribution in [0, 0.1) is 12.1 Å². The molecule has 2 nitrogen and oxygen atoms in total. The van der Waals surface area contributed by atoms with Gasteiger partial charge in [-0.2, -0.15) is 6.08 Å². The van der Waals surface area contributed by atoms with Gasteiger partial charge in [0.15, 0.2) is 0 Å². The molecular weight excluding hydrogens is 280 g/mol. The van der Waals surface area contributed by atoms with Crippen molar-refractivity contribution in [3.63, 3.8) is 0 Å². The largest absolute Gasteiger partial charge is 0.326 e. The Morgan fingerprint density at radius 2 is 1.43 bits per heavy atom. The highest BCUT2D eigenvalue weighted by atomic mass is 15.4. The lowest BCUT2D eigenvalue weighted by Gasteiger charge is -2.35. The van der Waals surface area contributed by atoms with Gasteiger partial charge in [-0.15, -0.1) is 6.08 Å². The van der Waals surface area contributed by atoms with E-state index in [9.17, 15) is 0 Å². The summed E-state index contributed by atoms with van der Waals surface area (Å²) in [6.07, 6.45) is 10.8. The molecule has 1 aliphatic carbocycles. The van der Waals surface area contributed by atoms with Crippen molar-refractivity contribution in [3.05, 3.63) is 91.0 Å². The first-order valence-electron chi connectivity index (χ1n) is 7.89. The molecule has 1 heterocycles. The number of hydrogen-bond donors (Lipinski definition) is 0. The van der Waals surface area contributed by atoms with E-state index in [1.807, 2.05) is 6.07 Å². The quantitative estimate of drug-likeness (QED) is 0.442. The first-order valence-corrected chi connectivity index (χ1v) is 7.89. The van der Waals surface area contributed by atoms with Crippen LogP contribution < -0.4 is 0 Å². The second kappa shape index (κ2) is 5.18. The number of nitrogens with zero attached hydrogens (tertiary/aromatic N) is 2. The molecule has 23 heavy (non-hydrogen) atoms. The number of rotatable bonds is 2. The van der Waals surface area contributed by atoms with Crippen molar-refractivity contribution in [1.82, 2.24) is 0 Å². The standard InChI is InChI=1S/C21H20N2/c1-23(2)16-22(20-10-6-7-11-21(20)23)19-14-12-18(13-15-19)17-8-4-3-5-9-17/h3-16H,1-2H3. The summed E-state index contributed by atoms with van der Waals surface area (Å²) < 4.78 is 3.04. The molecule has 0 fully saturated rings. The van der Waals surface area contributed by atoms with Crippen LogP contribution in [0.2, 0.25) is 0 Å². The molecule has 0 N–H and O–H groups in total. The van der Waals surface area contributed by atoms with Crippen molar-refractivity contribution >= 4 is 12.0 Å². The third-order valence-corrected chi connectivity index (χ3v) is 4.42. The molecule has 0 aromatic heterocycles. The number of allylic oxidation sites excluding steroid dienone is 2. The van der Waals surface area contributed by atoms with E-state index in [1.165, 1.54) is 28.9 Å². The van der Waals surface area contributed by atoms with Crippen molar-refractivity contribution in [3.8, 4) is 11.1 Å². The molecule has 114 valence electrons. The molecule has 2 aliphatic rings. The molecule has 4 rings (SSSR count). The van der Waals surface area contributed by atoms with Gasteiger partial charge in [0.2, 0.25) is 0 Å². The summed E-state index contributed by atoms with van der Waals surface area (Å²) in [6, 6.07) is 21.8. The van der Waals surface area contributed by atoms with Crippen LogP contribution in [0.15, 0.2) is 78.9 Å². The van der Waals surface area contributed by atoms with Crippen LogP contribution in [0.3, 0.4) is 0 Å². The van der Waals surface area contributed by atoms with E-state index in [4.69, 9.17) is 0 Å². The summed E-state index contributed by atoms with van der Waals surface area (Å²) in [5.41, 5.74) is 3.69. The van der Waals surface area contributed by atoms with E-state index in [0.717, 1.165) is 4.48 Å². The van der Waals surface area contributed by atoms with E-state index < -0.39 is 0 Å². The van der Waals surface area contributed by atoms with Crippen molar-refractivity contribution in [2.75, 3.05) is 14.1 Å². The predicted octanol–water partition coefficient (Wildman–Crippen LogP) is 4.31. The van der Waals surface area contributed by atoms with Gasteiger partial charge in [0.05, 0.1) is 14.1 Å². The lowest BCUT2D eigenvalue weighted by atomic mass is 10.0. The Bertz CT molecular complexity index is 795. The first kappa shape index (κ1) is 13.9. The molecule has 0 saturated heterocycles. The molecule has 0 radical (unpaired) electrons. The van der Waals surface area contributed by atoms with Crippen LogP contribution in [0.4, 0.5) is 5.69 Å². The maximum absolute atomic E-state index is 2.28. The van der Waals surface area contributed by atoms with Crippen LogP contribution in [-0.4, -0.2) is 29.5 Å². The monoisotopic (exact) mass is 300 g/mol. The fourth-order valence-corrected chi connectivity index (χ4v) is 3.22. The minimum atomic E-state index is 0.761. The highest BCUT2D eigenvalue weighted by Crippen LogP contribution is 2.39. The van der Waals surface area contributed by atoms with Crippen LogP contribution >= 0.6 is 0 Å². The van der Waals surface area contributed by atoms with Gasteiger partial charge in [-0.1, -0.05) is 42.5 Å². The van der Waals surface area contributed by atoms with Gasteiger partial charge in [0.25, 0.3) is 6.34 Å². The molecular formula is C21H20N2. The zero-order valence-corrected chi connectivity index (χ0v) is 13.5. The van der Waals surface area contributed by atoms with Gasteiger partial charge >= 0.3 is 0 Å². The number of likely N-dealkylation sites (N-methyl/N-ethyl adjacent to an activating group) is 1. The number of benzene rings is 2. The molecule has 1 aliphatic heterocycles. The van der Waals surface area contributed by atoms with Crippen molar-refractivity contribution < 1.29 is 9.06 Å². The van der Waals surface area contributed by atoms with Crippen LogP contribution in [0.25, 0.3) is 11.1 Å². The van der Waals surface area contributed by atoms with Crippen LogP contribution in [-0.2, 0) is 0 Å². The second-order valence-corrected chi connectivity index (χ2v) is 6.43. The van der Waals surface area contributed by atoms with E-state index >= 15 is 0 Å². The summed E-state index contributed by atoms with van der Waals surface area (Å²) in [5.74, 6) is 0. The van der Waals surface area contributed by atoms with Gasteiger partial charge < -0.3 is 4.48 Å². The predicted molar refractivity (Wildman–Crippen MR) is 94.7 cm³/mol. The SMILES string of the molecule is C[N+]1(C)C=[N+](c2ccc(-c3ccccc3)cc2)[C-]2C=CC=C[C-]21. The fraction of sp³-hybridized carbons (Fsp3) is 0.0952. The maximum atomic E-state index is 2.28. The Balaban J connectivity index is 1.69. The minimum Gasteiger partial charge on any atom is -0.326 e. The second-order valence-electron chi connectivity index (χ2n) is 6.43. The maximum Gasteiger partial charge on any atom is 0.251 e. The molecule has 0 amide bonds. The first-order chi connectivity index (χ1) is 11.1. The molecule has 0 saturated carbocycles. The summed E-state index contributed by atoms with van der Waals surface area (Å²) in [5, 5.41) is 0. The van der Waals surface area contributed by atoms with Crippen molar-refractivity contribution in [2.24, 2.45) is 0 Å². The van der Waals surface area contributed by atoms with E-state index in [2.05, 4.69) is 97.8 Å². The molecule has 0 bridgehead atoms. The Morgan fingerprint density at radius 3 is 2.17 bits per heavy atom. The van der Waals surface area contributed by atoms with Gasteiger partial charge in [-0.25, -0.2) is 16.7 Å². The molecule has 0 atom stereocenters. The normalized spacial score (nSPS) is 18.1. The van der Waals surface area contributed by atoms with Crippen molar-refractivity contribution in [1.29, 1.82) is 0 Å². The Kier molecular flexibility index (Phi) is 3.14. The average molecular weight is 300 g/mol. The summed E-state index contributed by atoms with van der Waals surface area (Å²) in [4.78, 5) is 0. The Labute approximate surface area is 137 Å². The summed E-state index contributed by atoms with van der Waals surface area (Å²) in [7, 11) is 4.41. The zero-order chi connectivity index (χ0) is 15.9. The molecule has 2 heteroatoms. The van der Waals surface area contributed by atoms with Gasteiger partial charge in [-0.3, -0.25) is 0 Å². The van der Waals surface area contributed by atoms with E-state index in [1.54, 1.807) is 0 Å². The van der Waals surface area contributed by atoms with Gasteiger partial charge in [-0.05, 0) is 23.3 Å². The molecule has 2 aromatic carbocycles. The number of hydrogen-bond acceptors (Lipinski definition) is 0. The average Bonchev–Trinajstić information content (AvgIpc) is 2.88. The van der Waals surface area contributed by atoms with E-state index in [0.29, 0.717) is 0 Å². The fourth-order valence-electron chi connectivity index (χ4n) is 3.22. The Morgan fingerprint density at radius 1 is 0.783 bits per heavy atom. The smallest absolute Gasteiger partial charge is 0.251 e. The molecule has 0 spiro atoms. The summed E-state index contributed by atoms with van der Waals surface area (Å²) in [6.45, 7) is 0. The topological polar surface area (TPSA) is 3.01 Å². The van der Waals surface area contributed by atoms with Crippen LogP contribution in [0.1, 0.15) is 0 Å². The van der Waals surface area contributed by atoms with Crippen molar-refractivity contribution in [2.45, 2.75) is 0 Å². The van der Waals surface area contributed by atoms with Gasteiger partial charge in [0, 0.05) is 6.04 Å². The van der Waals surface area contributed by atoms with Gasteiger partial charge in [0.1, 0.15) is 11.7 Å². The Hall–Kier alpha value is -2.71. The highest BCUT2D eigenvalue weighted by Gasteiger charge is 2.37. The zero-order valence-electron chi connectivity index (χ0n) is 13.5. The third-order valence-electron chi connectivity index (χ3n) is 4.42. The highest BCUT2D eigenvalue weighted by molar-refractivity contribution is 5.65. The minimum absolute atomic E-state index is 0.761. The molecule has 2 aromatic rings.